The molecule has 0 heterocycles. The highest BCUT2D eigenvalue weighted by Crippen LogP contribution is 2.12. The zero-order valence-electron chi connectivity index (χ0n) is 15.5. The molecule has 0 spiro atoms. The molecule has 0 aliphatic carbocycles. The fourth-order valence-electron chi connectivity index (χ4n) is 2.33. The van der Waals surface area contributed by atoms with Gasteiger partial charge in [0.15, 0.2) is 0 Å². The Morgan fingerprint density at radius 3 is 2.04 bits per heavy atom. The summed E-state index contributed by atoms with van der Waals surface area (Å²) in [6.45, 7) is 4.73. The SMILES string of the molecule is CC(C)C(NC(=O)C(N)C(C)O)C(=O)NC(Cc1ccc(O)cc1)C(=O)O. The van der Waals surface area contributed by atoms with E-state index in [1.165, 1.54) is 19.1 Å². The number of aromatic hydroxyl groups is 1. The molecule has 0 bridgehead atoms. The maximum atomic E-state index is 12.5. The third-order valence-corrected chi connectivity index (χ3v) is 4.06. The maximum Gasteiger partial charge on any atom is 0.326 e. The number of carboxylic acid groups (broad SMARTS) is 1. The van der Waals surface area contributed by atoms with E-state index >= 15 is 0 Å². The normalized spacial score (nSPS) is 15.5. The van der Waals surface area contributed by atoms with Gasteiger partial charge < -0.3 is 31.7 Å². The van der Waals surface area contributed by atoms with E-state index in [4.69, 9.17) is 5.73 Å². The van der Waals surface area contributed by atoms with Crippen LogP contribution in [0.5, 0.6) is 5.75 Å². The van der Waals surface area contributed by atoms with Crippen LogP contribution in [0.4, 0.5) is 0 Å². The number of nitrogens with one attached hydrogen (secondary N) is 2. The molecule has 4 atom stereocenters. The number of phenolic OH excluding ortho intramolecular Hbond substituents is 1. The van der Waals surface area contributed by atoms with Crippen LogP contribution in [0.1, 0.15) is 26.3 Å². The van der Waals surface area contributed by atoms with E-state index in [-0.39, 0.29) is 18.1 Å². The number of aliphatic hydroxyl groups excluding tert-OH is 1. The third-order valence-electron chi connectivity index (χ3n) is 4.06. The maximum absolute atomic E-state index is 12.5. The molecule has 0 saturated heterocycles. The molecule has 9 nitrogen and oxygen atoms in total. The van der Waals surface area contributed by atoms with Crippen LogP contribution in [0.15, 0.2) is 24.3 Å². The van der Waals surface area contributed by atoms with Crippen LogP contribution in [0.2, 0.25) is 0 Å². The Labute approximate surface area is 157 Å². The van der Waals surface area contributed by atoms with Gasteiger partial charge in [0, 0.05) is 6.42 Å². The molecule has 2 amide bonds. The van der Waals surface area contributed by atoms with E-state index in [2.05, 4.69) is 10.6 Å². The summed E-state index contributed by atoms with van der Waals surface area (Å²) in [5, 5.41) is 33.0. The molecule has 0 aliphatic rings. The van der Waals surface area contributed by atoms with E-state index in [9.17, 15) is 29.7 Å². The molecule has 7 N–H and O–H groups in total. The van der Waals surface area contributed by atoms with Crippen molar-refractivity contribution in [3.63, 3.8) is 0 Å². The number of carbonyl (C=O) groups excluding carboxylic acids is 2. The Morgan fingerprint density at radius 2 is 1.59 bits per heavy atom. The van der Waals surface area contributed by atoms with Crippen molar-refractivity contribution in [2.45, 2.75) is 51.4 Å². The molecule has 0 saturated carbocycles. The number of hydrogen-bond donors (Lipinski definition) is 6. The van der Waals surface area contributed by atoms with Crippen molar-refractivity contribution in [3.05, 3.63) is 29.8 Å². The van der Waals surface area contributed by atoms with Gasteiger partial charge in [0.25, 0.3) is 0 Å². The van der Waals surface area contributed by atoms with Crippen molar-refractivity contribution in [2.75, 3.05) is 0 Å². The summed E-state index contributed by atoms with van der Waals surface area (Å²) in [7, 11) is 0. The number of benzene rings is 1. The Hall–Kier alpha value is -2.65. The van der Waals surface area contributed by atoms with Gasteiger partial charge in [-0.3, -0.25) is 9.59 Å². The molecule has 4 unspecified atom stereocenters. The van der Waals surface area contributed by atoms with Crippen molar-refractivity contribution in [2.24, 2.45) is 11.7 Å². The van der Waals surface area contributed by atoms with Crippen LogP contribution < -0.4 is 16.4 Å². The number of carbonyl (C=O) groups is 3. The molecule has 27 heavy (non-hydrogen) atoms. The molecule has 0 aliphatic heterocycles. The van der Waals surface area contributed by atoms with E-state index < -0.39 is 42.0 Å². The minimum Gasteiger partial charge on any atom is -0.508 e. The molecule has 9 heteroatoms. The van der Waals surface area contributed by atoms with Gasteiger partial charge in [-0.1, -0.05) is 26.0 Å². The zero-order chi connectivity index (χ0) is 20.7. The average molecular weight is 381 g/mol. The molecule has 0 radical (unpaired) electrons. The minimum atomic E-state index is -1.23. The zero-order valence-corrected chi connectivity index (χ0v) is 15.5. The van der Waals surface area contributed by atoms with Crippen molar-refractivity contribution in [1.82, 2.24) is 10.6 Å². The lowest BCUT2D eigenvalue weighted by Gasteiger charge is -2.26. The van der Waals surface area contributed by atoms with Crippen molar-refractivity contribution >= 4 is 17.8 Å². The summed E-state index contributed by atoms with van der Waals surface area (Å²) >= 11 is 0. The van der Waals surface area contributed by atoms with Gasteiger partial charge in [-0.15, -0.1) is 0 Å². The van der Waals surface area contributed by atoms with Crippen LogP contribution in [0.3, 0.4) is 0 Å². The van der Waals surface area contributed by atoms with Crippen molar-refractivity contribution in [1.29, 1.82) is 0 Å². The largest absolute Gasteiger partial charge is 0.508 e. The molecule has 1 aromatic rings. The topological polar surface area (TPSA) is 162 Å². The summed E-state index contributed by atoms with van der Waals surface area (Å²) in [4.78, 5) is 36.1. The smallest absolute Gasteiger partial charge is 0.326 e. The van der Waals surface area contributed by atoms with Crippen molar-refractivity contribution < 1.29 is 29.7 Å². The number of hydrogen-bond acceptors (Lipinski definition) is 6. The highest BCUT2D eigenvalue weighted by Gasteiger charge is 2.30. The van der Waals surface area contributed by atoms with Gasteiger partial charge in [0.2, 0.25) is 11.8 Å². The molecule has 0 fully saturated rings. The second kappa shape index (κ2) is 9.89. The molecule has 150 valence electrons. The number of nitrogens with two attached hydrogens (primary N) is 1. The first-order valence-electron chi connectivity index (χ1n) is 8.58. The van der Waals surface area contributed by atoms with E-state index in [0.29, 0.717) is 5.56 Å². The highest BCUT2D eigenvalue weighted by molar-refractivity contribution is 5.92. The fourth-order valence-corrected chi connectivity index (χ4v) is 2.33. The monoisotopic (exact) mass is 381 g/mol. The Bertz CT molecular complexity index is 660. The van der Waals surface area contributed by atoms with Crippen LogP contribution in [-0.4, -0.2) is 57.3 Å². The van der Waals surface area contributed by atoms with Crippen LogP contribution >= 0.6 is 0 Å². The number of amides is 2. The molecule has 1 aromatic carbocycles. The number of phenols is 1. The standard InChI is InChI=1S/C18H27N3O6/c1-9(2)15(21-16(24)14(19)10(3)22)17(25)20-13(18(26)27)8-11-4-6-12(23)7-5-11/h4-7,9-10,13-15,22-23H,8,19H2,1-3H3,(H,20,25)(H,21,24)(H,26,27). The van der Waals surface area contributed by atoms with Crippen LogP contribution in [-0.2, 0) is 20.8 Å². The fraction of sp³-hybridized carbons (Fsp3) is 0.500. The van der Waals surface area contributed by atoms with Gasteiger partial charge in [0.1, 0.15) is 23.9 Å². The third kappa shape index (κ3) is 6.87. The predicted octanol–water partition coefficient (Wildman–Crippen LogP) is -0.647. The number of carboxylic acids is 1. The highest BCUT2D eigenvalue weighted by atomic mass is 16.4. The average Bonchev–Trinajstić information content (AvgIpc) is 2.59. The minimum absolute atomic E-state index is 0.00725. The quantitative estimate of drug-likeness (QED) is 0.331. The van der Waals surface area contributed by atoms with Crippen LogP contribution in [0, 0.1) is 5.92 Å². The number of aliphatic carboxylic acids is 1. The van der Waals surface area contributed by atoms with Gasteiger partial charge >= 0.3 is 5.97 Å². The van der Waals surface area contributed by atoms with Gasteiger partial charge in [-0.25, -0.2) is 4.79 Å². The van der Waals surface area contributed by atoms with E-state index in [0.717, 1.165) is 0 Å². The second-order valence-corrected chi connectivity index (χ2v) is 6.77. The first-order chi connectivity index (χ1) is 12.5. The second-order valence-electron chi connectivity index (χ2n) is 6.77. The van der Waals surface area contributed by atoms with E-state index in [1.807, 2.05) is 0 Å². The molecular formula is C18H27N3O6. The van der Waals surface area contributed by atoms with Crippen molar-refractivity contribution in [3.8, 4) is 5.75 Å². The van der Waals surface area contributed by atoms with Gasteiger partial charge in [-0.05, 0) is 30.5 Å². The summed E-state index contributed by atoms with van der Waals surface area (Å²) in [6, 6.07) is 2.53. The Kier molecular flexibility index (Phi) is 8.20. The first-order valence-corrected chi connectivity index (χ1v) is 8.58. The Balaban J connectivity index is 2.85. The summed E-state index contributed by atoms with van der Waals surface area (Å²) < 4.78 is 0. The molecule has 1 rings (SSSR count). The summed E-state index contributed by atoms with van der Waals surface area (Å²) in [6.07, 6.45) is -1.09. The number of rotatable bonds is 9. The van der Waals surface area contributed by atoms with Crippen LogP contribution in [0.25, 0.3) is 0 Å². The lowest BCUT2D eigenvalue weighted by molar-refractivity contribution is -0.142. The lowest BCUT2D eigenvalue weighted by Crippen LogP contribution is -2.58. The Morgan fingerprint density at radius 1 is 1.04 bits per heavy atom. The summed E-state index contributed by atoms with van der Waals surface area (Å²) in [5.41, 5.74) is 6.18. The van der Waals surface area contributed by atoms with E-state index in [1.54, 1.807) is 26.0 Å². The van der Waals surface area contributed by atoms with Gasteiger partial charge in [-0.2, -0.15) is 0 Å². The molecule has 0 aromatic heterocycles. The molecular weight excluding hydrogens is 354 g/mol. The predicted molar refractivity (Wildman–Crippen MR) is 97.8 cm³/mol. The first kappa shape index (κ1) is 22.4. The lowest BCUT2D eigenvalue weighted by atomic mass is 10.0. The number of aliphatic hydroxyl groups is 1. The summed E-state index contributed by atoms with van der Waals surface area (Å²) in [5.74, 6) is -2.89. The van der Waals surface area contributed by atoms with Gasteiger partial charge in [0.05, 0.1) is 6.10 Å².